The number of halogens is 6. The Labute approximate surface area is 233 Å². The van der Waals surface area contributed by atoms with E-state index in [1.807, 2.05) is 13.0 Å². The minimum Gasteiger partial charge on any atom is -0.357 e. The second-order valence-corrected chi connectivity index (χ2v) is 10.1. The Morgan fingerprint density at radius 3 is 2.40 bits per heavy atom. The van der Waals surface area contributed by atoms with Gasteiger partial charge in [-0.3, -0.25) is 9.69 Å². The first kappa shape index (κ1) is 29.9. The van der Waals surface area contributed by atoms with Gasteiger partial charge in [-0.25, -0.2) is 23.7 Å². The quantitative estimate of drug-likeness (QED) is 0.305. The van der Waals surface area contributed by atoms with Gasteiger partial charge < -0.3 is 10.2 Å². The van der Waals surface area contributed by atoms with Crippen LogP contribution in [-0.2, 0) is 6.18 Å². The summed E-state index contributed by atoms with van der Waals surface area (Å²) in [6, 6.07) is 6.19. The van der Waals surface area contributed by atoms with Gasteiger partial charge in [-0.05, 0) is 37.6 Å². The predicted octanol–water partition coefficient (Wildman–Crippen LogP) is 6.14. The normalized spacial score (nSPS) is 16.6. The van der Waals surface area contributed by atoms with Gasteiger partial charge in [0.05, 0.1) is 22.1 Å². The molecule has 0 radical (unpaired) electrons. The van der Waals surface area contributed by atoms with Crippen LogP contribution in [0.25, 0.3) is 10.9 Å². The molecule has 40 heavy (non-hydrogen) atoms. The number of rotatable bonds is 9. The lowest BCUT2D eigenvalue weighted by Crippen LogP contribution is -2.45. The maximum atomic E-state index is 13.8. The van der Waals surface area contributed by atoms with Crippen molar-refractivity contribution >= 4 is 34.2 Å². The van der Waals surface area contributed by atoms with Crippen molar-refractivity contribution in [2.75, 3.05) is 37.6 Å². The standard InChI is InChI=1S/C27H30ClF5N6O/c1-3-11-38(4-2)22-8-5-18-20(37-22)7-6-19(28)23(18)24(40)34-16-21(39-12-9-26(29,30)10-13-39)17-14-35-25(36-15-17)27(31,32)33/h5-8,14-15,21H,3-4,9-13,16H2,1-2H3,(H,34,40). The molecular formula is C27H30ClF5N6O. The van der Waals surface area contributed by atoms with E-state index in [0.717, 1.165) is 37.7 Å². The number of benzene rings is 1. The van der Waals surface area contributed by atoms with E-state index in [1.54, 1.807) is 23.1 Å². The van der Waals surface area contributed by atoms with Crippen LogP contribution < -0.4 is 10.2 Å². The fourth-order valence-electron chi connectivity index (χ4n) is 4.83. The molecule has 2 aromatic heterocycles. The third kappa shape index (κ3) is 6.77. The average Bonchev–Trinajstić information content (AvgIpc) is 2.92. The van der Waals surface area contributed by atoms with Gasteiger partial charge in [-0.2, -0.15) is 13.2 Å². The van der Waals surface area contributed by atoms with Crippen LogP contribution in [0.4, 0.5) is 27.8 Å². The molecule has 1 saturated heterocycles. The van der Waals surface area contributed by atoms with Crippen molar-refractivity contribution in [3.05, 3.63) is 58.6 Å². The molecule has 1 amide bonds. The molecule has 4 rings (SSSR count). The van der Waals surface area contributed by atoms with Crippen LogP contribution in [0.5, 0.6) is 0 Å². The highest BCUT2D eigenvalue weighted by Gasteiger charge is 2.38. The number of fused-ring (bicyclic) bond motifs is 1. The van der Waals surface area contributed by atoms with E-state index in [0.29, 0.717) is 10.9 Å². The highest BCUT2D eigenvalue weighted by Crippen LogP contribution is 2.33. The SMILES string of the molecule is CCCN(CC)c1ccc2c(C(=O)NCC(c3cnc(C(F)(F)F)nc3)N3CCC(F)(F)CC3)c(Cl)ccc2n1. The number of piperidine rings is 1. The van der Waals surface area contributed by atoms with Gasteiger partial charge in [0.1, 0.15) is 5.82 Å². The van der Waals surface area contributed by atoms with Gasteiger partial charge >= 0.3 is 6.18 Å². The summed E-state index contributed by atoms with van der Waals surface area (Å²) in [6.07, 6.45) is -2.55. The fourth-order valence-corrected chi connectivity index (χ4v) is 5.08. The highest BCUT2D eigenvalue weighted by atomic mass is 35.5. The molecule has 1 aromatic carbocycles. The van der Waals surface area contributed by atoms with Crippen LogP contribution in [0.15, 0.2) is 36.7 Å². The zero-order valence-corrected chi connectivity index (χ0v) is 22.9. The number of nitrogens with zero attached hydrogens (tertiary/aromatic N) is 5. The Morgan fingerprint density at radius 2 is 1.80 bits per heavy atom. The summed E-state index contributed by atoms with van der Waals surface area (Å²) in [4.78, 5) is 28.8. The zero-order chi connectivity index (χ0) is 29.1. The Bertz CT molecular complexity index is 1330. The van der Waals surface area contributed by atoms with Crippen LogP contribution in [-0.4, -0.2) is 64.4 Å². The number of amides is 1. The average molecular weight is 585 g/mol. The van der Waals surface area contributed by atoms with Gasteiger partial charge in [0.15, 0.2) is 0 Å². The van der Waals surface area contributed by atoms with E-state index in [2.05, 4.69) is 27.1 Å². The summed E-state index contributed by atoms with van der Waals surface area (Å²) in [6.45, 7) is 5.59. The number of hydrogen-bond acceptors (Lipinski definition) is 6. The number of anilines is 1. The molecule has 1 unspecified atom stereocenters. The monoisotopic (exact) mass is 584 g/mol. The van der Waals surface area contributed by atoms with E-state index in [1.165, 1.54) is 0 Å². The maximum absolute atomic E-state index is 13.8. The highest BCUT2D eigenvalue weighted by molar-refractivity contribution is 6.35. The summed E-state index contributed by atoms with van der Waals surface area (Å²) < 4.78 is 66.7. The predicted molar refractivity (Wildman–Crippen MR) is 143 cm³/mol. The number of aromatic nitrogens is 3. The minimum atomic E-state index is -4.72. The Balaban J connectivity index is 1.60. The van der Waals surface area contributed by atoms with Crippen LogP contribution in [0, 0.1) is 0 Å². The van der Waals surface area contributed by atoms with E-state index in [-0.39, 0.29) is 35.8 Å². The van der Waals surface area contributed by atoms with E-state index in [4.69, 9.17) is 16.6 Å². The molecule has 0 aliphatic carbocycles. The summed E-state index contributed by atoms with van der Waals surface area (Å²) in [5.74, 6) is -3.88. The summed E-state index contributed by atoms with van der Waals surface area (Å²) in [7, 11) is 0. The first-order chi connectivity index (χ1) is 18.9. The zero-order valence-electron chi connectivity index (χ0n) is 22.1. The molecule has 13 heteroatoms. The largest absolute Gasteiger partial charge is 0.451 e. The Kier molecular flexibility index (Phi) is 9.09. The molecule has 0 saturated carbocycles. The van der Waals surface area contributed by atoms with Crippen molar-refractivity contribution in [3.63, 3.8) is 0 Å². The number of nitrogens with one attached hydrogen (secondary N) is 1. The van der Waals surface area contributed by atoms with Crippen LogP contribution >= 0.6 is 11.6 Å². The van der Waals surface area contributed by atoms with E-state index < -0.39 is 42.7 Å². The van der Waals surface area contributed by atoms with Crippen molar-refractivity contribution in [3.8, 4) is 0 Å². The molecule has 0 bridgehead atoms. The third-order valence-corrected chi connectivity index (χ3v) is 7.28. The lowest BCUT2D eigenvalue weighted by atomic mass is 10.0. The van der Waals surface area contributed by atoms with Crippen molar-refractivity contribution in [1.29, 1.82) is 0 Å². The third-order valence-electron chi connectivity index (χ3n) is 6.97. The lowest BCUT2D eigenvalue weighted by molar-refractivity contribution is -0.145. The van der Waals surface area contributed by atoms with Crippen LogP contribution in [0.1, 0.15) is 60.9 Å². The smallest absolute Gasteiger partial charge is 0.357 e. The molecule has 7 nitrogen and oxygen atoms in total. The minimum absolute atomic E-state index is 0.0119. The molecule has 1 aliphatic rings. The van der Waals surface area contributed by atoms with Crippen molar-refractivity contribution in [2.45, 2.75) is 51.3 Å². The molecule has 1 aliphatic heterocycles. The lowest BCUT2D eigenvalue weighted by Gasteiger charge is -2.37. The number of carbonyl (C=O) groups excluding carboxylic acids is 1. The fraction of sp³-hybridized carbons (Fsp3) is 0.481. The molecule has 3 aromatic rings. The molecule has 216 valence electrons. The number of hydrogen-bond donors (Lipinski definition) is 1. The number of pyridine rings is 1. The molecular weight excluding hydrogens is 555 g/mol. The Morgan fingerprint density at radius 1 is 1.12 bits per heavy atom. The first-order valence-electron chi connectivity index (χ1n) is 13.1. The van der Waals surface area contributed by atoms with Crippen molar-refractivity contribution in [2.24, 2.45) is 0 Å². The molecule has 0 spiro atoms. The first-order valence-corrected chi connectivity index (χ1v) is 13.4. The summed E-state index contributed by atoms with van der Waals surface area (Å²) in [5.41, 5.74) is 1.04. The van der Waals surface area contributed by atoms with E-state index >= 15 is 0 Å². The second-order valence-electron chi connectivity index (χ2n) is 9.69. The Hall–Kier alpha value is -3.12. The van der Waals surface area contributed by atoms with Gasteiger partial charge in [-0.1, -0.05) is 18.5 Å². The molecule has 1 atom stereocenters. The van der Waals surface area contributed by atoms with Gasteiger partial charge in [-0.15, -0.1) is 0 Å². The van der Waals surface area contributed by atoms with Crippen molar-refractivity contribution < 1.29 is 26.7 Å². The molecule has 3 heterocycles. The van der Waals surface area contributed by atoms with Crippen LogP contribution in [0.3, 0.4) is 0 Å². The number of alkyl halides is 5. The molecule has 1 N–H and O–H groups in total. The van der Waals surface area contributed by atoms with Gasteiger partial charge in [0, 0.05) is 68.9 Å². The van der Waals surface area contributed by atoms with Gasteiger partial charge in [0.25, 0.3) is 11.8 Å². The number of likely N-dealkylation sites (tertiary alicyclic amines) is 1. The summed E-state index contributed by atoms with van der Waals surface area (Å²) in [5, 5.41) is 3.53. The van der Waals surface area contributed by atoms with Crippen molar-refractivity contribution in [1.82, 2.24) is 25.2 Å². The topological polar surface area (TPSA) is 74.2 Å². The van der Waals surface area contributed by atoms with Crippen LogP contribution in [0.2, 0.25) is 5.02 Å². The maximum Gasteiger partial charge on any atom is 0.451 e. The molecule has 1 fully saturated rings. The van der Waals surface area contributed by atoms with Gasteiger partial charge in [0.2, 0.25) is 5.82 Å². The van der Waals surface area contributed by atoms with E-state index in [9.17, 15) is 26.7 Å². The second kappa shape index (κ2) is 12.2. The summed E-state index contributed by atoms with van der Waals surface area (Å²) >= 11 is 6.43. The number of carbonyl (C=O) groups is 1.